The number of benzene rings is 3. The van der Waals surface area contributed by atoms with E-state index in [1.807, 2.05) is 6.07 Å². The van der Waals surface area contributed by atoms with E-state index in [1.165, 1.54) is 47.9 Å². The van der Waals surface area contributed by atoms with Crippen molar-refractivity contribution in [1.82, 2.24) is 0 Å². The van der Waals surface area contributed by atoms with Gasteiger partial charge in [0.25, 0.3) is 0 Å². The Morgan fingerprint density at radius 2 is 1.32 bits per heavy atom. The van der Waals surface area contributed by atoms with Gasteiger partial charge in [-0.3, -0.25) is 0 Å². The molecule has 28 heavy (non-hydrogen) atoms. The van der Waals surface area contributed by atoms with Crippen molar-refractivity contribution in [2.75, 3.05) is 0 Å². The lowest BCUT2D eigenvalue weighted by Crippen LogP contribution is -2.07. The van der Waals surface area contributed by atoms with Crippen LogP contribution in [0, 0.1) is 0 Å². The highest BCUT2D eigenvalue weighted by Gasteiger charge is 2.05. The van der Waals surface area contributed by atoms with Gasteiger partial charge in [0.15, 0.2) is 0 Å². The first kappa shape index (κ1) is 20.4. The molecule has 0 aliphatic rings. The third-order valence-electron chi connectivity index (χ3n) is 5.29. The van der Waals surface area contributed by atoms with Crippen molar-refractivity contribution < 1.29 is 4.74 Å². The molecule has 3 aromatic rings. The fraction of sp³-hybridized carbons (Fsp3) is 0.333. The molecule has 3 aromatic carbocycles. The molecule has 0 heterocycles. The van der Waals surface area contributed by atoms with E-state index in [-0.39, 0.29) is 0 Å². The molecular formula is C27H32O. The van der Waals surface area contributed by atoms with Crippen LogP contribution < -0.4 is 0 Å². The summed E-state index contributed by atoms with van der Waals surface area (Å²) in [4.78, 5) is 0. The number of aryl methyl sites for hydroxylation is 1. The van der Waals surface area contributed by atoms with E-state index >= 15 is 0 Å². The van der Waals surface area contributed by atoms with E-state index in [4.69, 9.17) is 4.74 Å². The van der Waals surface area contributed by atoms with Gasteiger partial charge in [0.1, 0.15) is 0 Å². The minimum atomic E-state index is 0.332. The molecular weight excluding hydrogens is 340 g/mol. The summed E-state index contributed by atoms with van der Waals surface area (Å²) < 4.78 is 5.97. The maximum absolute atomic E-state index is 5.97. The van der Waals surface area contributed by atoms with Crippen LogP contribution in [0.15, 0.2) is 84.9 Å². The molecule has 0 aliphatic heterocycles. The van der Waals surface area contributed by atoms with Crippen LogP contribution in [-0.4, -0.2) is 6.10 Å². The molecule has 0 saturated carbocycles. The van der Waals surface area contributed by atoms with Gasteiger partial charge in [-0.05, 0) is 48.4 Å². The molecule has 0 aliphatic carbocycles. The normalized spacial score (nSPS) is 12.0. The lowest BCUT2D eigenvalue weighted by molar-refractivity contribution is 0.0459. The summed E-state index contributed by atoms with van der Waals surface area (Å²) in [5, 5.41) is 0. The first-order valence-corrected chi connectivity index (χ1v) is 10.6. The average molecular weight is 373 g/mol. The summed E-state index contributed by atoms with van der Waals surface area (Å²) in [5.41, 5.74) is 5.42. The lowest BCUT2D eigenvalue weighted by atomic mass is 9.95. The van der Waals surface area contributed by atoms with E-state index in [2.05, 4.69) is 85.8 Å². The van der Waals surface area contributed by atoms with Crippen molar-refractivity contribution in [3.05, 3.63) is 96.1 Å². The summed E-state index contributed by atoms with van der Waals surface area (Å²) in [6.07, 6.45) is 7.71. The number of ether oxygens (including phenoxy) is 1. The topological polar surface area (TPSA) is 9.23 Å². The smallest absolute Gasteiger partial charge is 0.0720 e. The number of unbranched alkanes of at least 4 members (excludes halogenated alkanes) is 3. The van der Waals surface area contributed by atoms with Gasteiger partial charge in [-0.25, -0.2) is 0 Å². The fourth-order valence-corrected chi connectivity index (χ4v) is 3.63. The Kier molecular flexibility index (Phi) is 8.33. The molecule has 1 atom stereocenters. The predicted octanol–water partition coefficient (Wildman–Crippen LogP) is 7.45. The summed E-state index contributed by atoms with van der Waals surface area (Å²) in [6.45, 7) is 2.91. The lowest BCUT2D eigenvalue weighted by Gasteiger charge is -2.13. The number of rotatable bonds is 11. The molecule has 0 amide bonds. The van der Waals surface area contributed by atoms with Gasteiger partial charge in [-0.1, -0.05) is 104 Å². The molecule has 1 nitrogen and oxygen atoms in total. The van der Waals surface area contributed by atoms with Crippen LogP contribution in [-0.2, 0) is 17.8 Å². The Morgan fingerprint density at radius 3 is 2.11 bits per heavy atom. The summed E-state index contributed by atoms with van der Waals surface area (Å²) >= 11 is 0. The SMILES string of the molecule is CC(CCCCCCc1ccccc1-c1ccccc1)OCc1ccccc1. The minimum absolute atomic E-state index is 0.332. The highest BCUT2D eigenvalue weighted by atomic mass is 16.5. The van der Waals surface area contributed by atoms with Gasteiger partial charge in [-0.2, -0.15) is 0 Å². The monoisotopic (exact) mass is 372 g/mol. The molecule has 146 valence electrons. The van der Waals surface area contributed by atoms with Crippen molar-refractivity contribution in [3.8, 4) is 11.1 Å². The van der Waals surface area contributed by atoms with Gasteiger partial charge in [0.2, 0.25) is 0 Å². The van der Waals surface area contributed by atoms with Crippen LogP contribution in [0.4, 0.5) is 0 Å². The maximum atomic E-state index is 5.97. The molecule has 1 unspecified atom stereocenters. The Morgan fingerprint density at radius 1 is 0.679 bits per heavy atom. The second-order valence-corrected chi connectivity index (χ2v) is 7.58. The standard InChI is InChI=1S/C27H32O/c1-23(28-22-24-15-7-4-8-16-24)14-6-2-3-9-17-26-20-12-13-21-27(26)25-18-10-5-11-19-25/h4-5,7-8,10-13,15-16,18-21,23H,2-3,6,9,14,17,22H2,1H3. The van der Waals surface area contributed by atoms with Crippen molar-refractivity contribution in [1.29, 1.82) is 0 Å². The molecule has 0 bridgehead atoms. The first-order valence-electron chi connectivity index (χ1n) is 10.6. The second-order valence-electron chi connectivity index (χ2n) is 7.58. The minimum Gasteiger partial charge on any atom is -0.374 e. The largest absolute Gasteiger partial charge is 0.374 e. The second kappa shape index (κ2) is 11.5. The number of hydrogen-bond acceptors (Lipinski definition) is 1. The Balaban J connectivity index is 1.33. The predicted molar refractivity (Wildman–Crippen MR) is 119 cm³/mol. The van der Waals surface area contributed by atoms with Crippen LogP contribution in [0.1, 0.15) is 50.2 Å². The Bertz CT molecular complexity index is 795. The number of hydrogen-bond donors (Lipinski definition) is 0. The summed E-state index contributed by atoms with van der Waals surface area (Å²) in [7, 11) is 0. The van der Waals surface area contributed by atoms with Crippen molar-refractivity contribution in [3.63, 3.8) is 0 Å². The van der Waals surface area contributed by atoms with Crippen molar-refractivity contribution >= 4 is 0 Å². The molecule has 0 N–H and O–H groups in total. The Hall–Kier alpha value is -2.38. The first-order chi connectivity index (χ1) is 13.8. The van der Waals surface area contributed by atoms with Crippen LogP contribution >= 0.6 is 0 Å². The van der Waals surface area contributed by atoms with Crippen molar-refractivity contribution in [2.24, 2.45) is 0 Å². The molecule has 0 aromatic heterocycles. The zero-order chi connectivity index (χ0) is 19.4. The average Bonchev–Trinajstić information content (AvgIpc) is 2.76. The van der Waals surface area contributed by atoms with Crippen LogP contribution in [0.25, 0.3) is 11.1 Å². The van der Waals surface area contributed by atoms with E-state index in [9.17, 15) is 0 Å². The highest BCUT2D eigenvalue weighted by molar-refractivity contribution is 5.67. The van der Waals surface area contributed by atoms with Gasteiger partial charge in [-0.15, -0.1) is 0 Å². The molecule has 0 fully saturated rings. The zero-order valence-electron chi connectivity index (χ0n) is 17.0. The van der Waals surface area contributed by atoms with E-state index in [1.54, 1.807) is 0 Å². The summed E-state index contributed by atoms with van der Waals surface area (Å²) in [5.74, 6) is 0. The van der Waals surface area contributed by atoms with Crippen LogP contribution in [0.2, 0.25) is 0 Å². The zero-order valence-corrected chi connectivity index (χ0v) is 17.0. The van der Waals surface area contributed by atoms with Gasteiger partial charge < -0.3 is 4.74 Å². The van der Waals surface area contributed by atoms with Gasteiger partial charge in [0.05, 0.1) is 12.7 Å². The van der Waals surface area contributed by atoms with E-state index in [0.717, 1.165) is 19.4 Å². The van der Waals surface area contributed by atoms with Gasteiger partial charge in [0, 0.05) is 0 Å². The Labute approximate surface area is 170 Å². The van der Waals surface area contributed by atoms with E-state index < -0.39 is 0 Å². The van der Waals surface area contributed by atoms with Crippen LogP contribution in [0.5, 0.6) is 0 Å². The van der Waals surface area contributed by atoms with Crippen LogP contribution in [0.3, 0.4) is 0 Å². The molecule has 1 heteroatoms. The highest BCUT2D eigenvalue weighted by Crippen LogP contribution is 2.25. The molecule has 3 rings (SSSR count). The molecule has 0 saturated heterocycles. The third-order valence-corrected chi connectivity index (χ3v) is 5.29. The van der Waals surface area contributed by atoms with Gasteiger partial charge >= 0.3 is 0 Å². The third kappa shape index (κ3) is 6.65. The van der Waals surface area contributed by atoms with E-state index in [0.29, 0.717) is 6.10 Å². The molecule has 0 radical (unpaired) electrons. The maximum Gasteiger partial charge on any atom is 0.0720 e. The molecule has 0 spiro atoms. The van der Waals surface area contributed by atoms with Crippen molar-refractivity contribution in [2.45, 2.75) is 58.2 Å². The summed E-state index contributed by atoms with van der Waals surface area (Å²) in [6, 6.07) is 30.0. The quantitative estimate of drug-likeness (QED) is 0.318. The fourth-order valence-electron chi connectivity index (χ4n) is 3.63.